The molecule has 1 atom stereocenters. The van der Waals surface area contributed by atoms with Crippen molar-refractivity contribution in [2.45, 2.75) is 39.4 Å². The second-order valence-electron chi connectivity index (χ2n) is 3.73. The molecule has 0 radical (unpaired) electrons. The maximum Gasteiger partial charge on any atom is 0.329 e. The highest BCUT2D eigenvalue weighted by atomic mass is 16.2. The maximum absolute atomic E-state index is 11.7. The maximum atomic E-state index is 11.7. The summed E-state index contributed by atoms with van der Waals surface area (Å²) in [5.74, 6) is 0. The molecule has 1 unspecified atom stereocenters. The van der Waals surface area contributed by atoms with Gasteiger partial charge < -0.3 is 10.2 Å². The molecule has 5 heteroatoms. The van der Waals surface area contributed by atoms with Gasteiger partial charge in [-0.3, -0.25) is 0 Å². The van der Waals surface area contributed by atoms with Gasteiger partial charge in [0.15, 0.2) is 0 Å². The van der Waals surface area contributed by atoms with Crippen molar-refractivity contribution in [3.05, 3.63) is 0 Å². The minimum atomic E-state index is -0.296. The van der Waals surface area contributed by atoms with Gasteiger partial charge in [0.2, 0.25) is 0 Å². The zero-order valence-corrected chi connectivity index (χ0v) is 9.07. The third-order valence-electron chi connectivity index (χ3n) is 2.39. The Balaban J connectivity index is 2.85. The van der Waals surface area contributed by atoms with E-state index in [-0.39, 0.29) is 24.3 Å². The van der Waals surface area contributed by atoms with Crippen LogP contribution in [-0.4, -0.2) is 41.1 Å². The van der Waals surface area contributed by atoms with Crippen molar-refractivity contribution in [3.63, 3.8) is 0 Å². The molecule has 0 saturated carbocycles. The normalized spacial score (nSPS) is 23.1. The predicted octanol–water partition coefficient (Wildman–Crippen LogP) is 1.21. The van der Waals surface area contributed by atoms with Crippen molar-refractivity contribution in [2.75, 3.05) is 7.05 Å². The summed E-state index contributed by atoms with van der Waals surface area (Å²) < 4.78 is 0. The van der Waals surface area contributed by atoms with Crippen LogP contribution < -0.4 is 5.32 Å². The minimum absolute atomic E-state index is 0.109. The Hall–Kier alpha value is -1.26. The summed E-state index contributed by atoms with van der Waals surface area (Å²) in [6.07, 6.45) is 0.546. The summed E-state index contributed by atoms with van der Waals surface area (Å²) in [5.41, 5.74) is 0. The molecule has 0 aromatic carbocycles. The van der Waals surface area contributed by atoms with Crippen LogP contribution >= 0.6 is 0 Å². The second-order valence-corrected chi connectivity index (χ2v) is 3.73. The van der Waals surface area contributed by atoms with E-state index in [9.17, 15) is 9.59 Å². The molecule has 0 aliphatic carbocycles. The standard InChI is InChI=1S/C9H17N3O2/c1-5-7-10-8(13)12(6(2)3)9(14)11(7)4/h6-7H,5H2,1-4H3,(H,10,13). The topological polar surface area (TPSA) is 52.7 Å². The van der Waals surface area contributed by atoms with Gasteiger partial charge in [-0.15, -0.1) is 0 Å². The molecule has 80 valence electrons. The summed E-state index contributed by atoms with van der Waals surface area (Å²) in [6, 6.07) is -0.631. The lowest BCUT2D eigenvalue weighted by molar-refractivity contribution is 0.104. The minimum Gasteiger partial charge on any atom is -0.317 e. The third-order valence-corrected chi connectivity index (χ3v) is 2.39. The molecule has 1 aliphatic heterocycles. The summed E-state index contributed by atoms with van der Waals surface area (Å²) >= 11 is 0. The number of hydrogen-bond acceptors (Lipinski definition) is 2. The number of rotatable bonds is 2. The van der Waals surface area contributed by atoms with E-state index in [1.54, 1.807) is 11.9 Å². The van der Waals surface area contributed by atoms with E-state index in [4.69, 9.17) is 0 Å². The molecule has 4 amide bonds. The summed E-state index contributed by atoms with van der Waals surface area (Å²) in [5, 5.41) is 2.77. The van der Waals surface area contributed by atoms with Crippen molar-refractivity contribution in [2.24, 2.45) is 0 Å². The van der Waals surface area contributed by atoms with Crippen LogP contribution in [0.3, 0.4) is 0 Å². The molecule has 5 nitrogen and oxygen atoms in total. The quantitative estimate of drug-likeness (QED) is 0.726. The fraction of sp³-hybridized carbons (Fsp3) is 0.778. The van der Waals surface area contributed by atoms with Crippen LogP contribution in [0.5, 0.6) is 0 Å². The number of carbonyl (C=O) groups is 2. The average molecular weight is 199 g/mol. The van der Waals surface area contributed by atoms with Crippen LogP contribution in [0.4, 0.5) is 9.59 Å². The molecule has 0 aromatic rings. The van der Waals surface area contributed by atoms with Crippen LogP contribution in [-0.2, 0) is 0 Å². The number of amides is 4. The molecule has 1 fully saturated rings. The van der Waals surface area contributed by atoms with Crippen molar-refractivity contribution in [1.29, 1.82) is 0 Å². The molecule has 1 rings (SSSR count). The van der Waals surface area contributed by atoms with Gasteiger partial charge in [-0.1, -0.05) is 6.92 Å². The third kappa shape index (κ3) is 1.66. The Morgan fingerprint density at radius 2 is 2.00 bits per heavy atom. The Labute approximate surface area is 84.0 Å². The van der Waals surface area contributed by atoms with Crippen molar-refractivity contribution < 1.29 is 9.59 Å². The lowest BCUT2D eigenvalue weighted by Crippen LogP contribution is -2.64. The fourth-order valence-electron chi connectivity index (χ4n) is 1.53. The number of nitrogens with zero attached hydrogens (tertiary/aromatic N) is 2. The molecule has 0 spiro atoms. The largest absolute Gasteiger partial charge is 0.329 e. The first-order valence-electron chi connectivity index (χ1n) is 4.85. The molecule has 1 heterocycles. The molecule has 1 N–H and O–H groups in total. The summed E-state index contributed by atoms with van der Waals surface area (Å²) in [6.45, 7) is 5.56. The van der Waals surface area contributed by atoms with E-state index < -0.39 is 0 Å². The van der Waals surface area contributed by atoms with Crippen molar-refractivity contribution in [1.82, 2.24) is 15.1 Å². The molecular formula is C9H17N3O2. The number of urea groups is 2. The first-order valence-corrected chi connectivity index (χ1v) is 4.85. The van der Waals surface area contributed by atoms with Gasteiger partial charge in [-0.2, -0.15) is 0 Å². The Morgan fingerprint density at radius 3 is 2.43 bits per heavy atom. The van der Waals surface area contributed by atoms with Gasteiger partial charge in [0.05, 0.1) is 0 Å². The lowest BCUT2D eigenvalue weighted by atomic mass is 10.2. The van der Waals surface area contributed by atoms with E-state index in [0.717, 1.165) is 6.42 Å². The fourth-order valence-corrected chi connectivity index (χ4v) is 1.53. The van der Waals surface area contributed by atoms with Crippen LogP contribution in [0, 0.1) is 0 Å². The zero-order chi connectivity index (χ0) is 10.9. The monoisotopic (exact) mass is 199 g/mol. The molecule has 1 saturated heterocycles. The Morgan fingerprint density at radius 1 is 1.43 bits per heavy atom. The average Bonchev–Trinajstić information content (AvgIpc) is 2.10. The van der Waals surface area contributed by atoms with Crippen molar-refractivity contribution in [3.8, 4) is 0 Å². The van der Waals surface area contributed by atoms with Gasteiger partial charge in [-0.25, -0.2) is 14.5 Å². The molecule has 0 aromatic heterocycles. The number of nitrogens with one attached hydrogen (secondary N) is 1. The zero-order valence-electron chi connectivity index (χ0n) is 9.07. The number of hydrogen-bond donors (Lipinski definition) is 1. The predicted molar refractivity (Wildman–Crippen MR) is 52.7 cm³/mol. The first kappa shape index (κ1) is 10.8. The van der Waals surface area contributed by atoms with Crippen LogP contribution in [0.15, 0.2) is 0 Å². The highest BCUT2D eigenvalue weighted by Crippen LogP contribution is 2.13. The number of carbonyl (C=O) groups excluding carboxylic acids is 2. The molecule has 0 bridgehead atoms. The van der Waals surface area contributed by atoms with Crippen molar-refractivity contribution >= 4 is 12.1 Å². The van der Waals surface area contributed by atoms with Crippen LogP contribution in [0.2, 0.25) is 0 Å². The van der Waals surface area contributed by atoms with Crippen LogP contribution in [0.1, 0.15) is 27.2 Å². The van der Waals surface area contributed by atoms with Gasteiger partial charge in [0.25, 0.3) is 0 Å². The second kappa shape index (κ2) is 3.86. The van der Waals surface area contributed by atoms with Gasteiger partial charge in [-0.05, 0) is 20.3 Å². The van der Waals surface area contributed by atoms with Gasteiger partial charge >= 0.3 is 12.1 Å². The molecular weight excluding hydrogens is 182 g/mol. The highest BCUT2D eigenvalue weighted by Gasteiger charge is 2.36. The Bertz CT molecular complexity index is 252. The highest BCUT2D eigenvalue weighted by molar-refractivity contribution is 5.96. The molecule has 14 heavy (non-hydrogen) atoms. The SMILES string of the molecule is CCC1NC(=O)N(C(C)C)C(=O)N1C. The van der Waals surface area contributed by atoms with Gasteiger partial charge in [0.1, 0.15) is 6.17 Å². The summed E-state index contributed by atoms with van der Waals surface area (Å²) in [7, 11) is 1.70. The smallest absolute Gasteiger partial charge is 0.317 e. The summed E-state index contributed by atoms with van der Waals surface area (Å²) in [4.78, 5) is 26.1. The van der Waals surface area contributed by atoms with E-state index in [1.165, 1.54) is 4.90 Å². The number of imide groups is 1. The van der Waals surface area contributed by atoms with E-state index >= 15 is 0 Å². The Kier molecular flexibility index (Phi) is 2.98. The molecule has 1 aliphatic rings. The van der Waals surface area contributed by atoms with Gasteiger partial charge in [0, 0.05) is 13.1 Å². The van der Waals surface area contributed by atoms with Crippen LogP contribution in [0.25, 0.3) is 0 Å². The van der Waals surface area contributed by atoms with E-state index in [2.05, 4.69) is 5.32 Å². The van der Waals surface area contributed by atoms with E-state index in [1.807, 2.05) is 20.8 Å². The lowest BCUT2D eigenvalue weighted by Gasteiger charge is -2.40. The van der Waals surface area contributed by atoms with E-state index in [0.29, 0.717) is 0 Å². The first-order chi connectivity index (χ1) is 6.49.